The van der Waals surface area contributed by atoms with Crippen LogP contribution < -0.4 is 9.47 Å². The van der Waals surface area contributed by atoms with Gasteiger partial charge in [-0.15, -0.1) is 0 Å². The molecular formula is C23H23N3O3S. The Kier molecular flexibility index (Phi) is 4.43. The molecule has 0 spiro atoms. The quantitative estimate of drug-likeness (QED) is 0.652. The molecule has 1 aromatic heterocycles. The normalized spacial score (nSPS) is 20.5. The number of ether oxygens (including phenoxy) is 2. The highest BCUT2D eigenvalue weighted by atomic mass is 32.1. The van der Waals surface area contributed by atoms with Crippen molar-refractivity contribution in [3.63, 3.8) is 0 Å². The van der Waals surface area contributed by atoms with Crippen LogP contribution >= 0.6 is 12.2 Å². The number of para-hydroxylation sites is 1. The van der Waals surface area contributed by atoms with E-state index in [2.05, 4.69) is 22.0 Å². The summed E-state index contributed by atoms with van der Waals surface area (Å²) in [4.78, 5) is 20.6. The van der Waals surface area contributed by atoms with Gasteiger partial charge in [-0.1, -0.05) is 18.2 Å². The van der Waals surface area contributed by atoms with Gasteiger partial charge in [0.05, 0.1) is 14.2 Å². The molecule has 2 aliphatic heterocycles. The number of likely N-dealkylation sites (N-methyl/N-ethyl adjacent to an activating group) is 1. The van der Waals surface area contributed by atoms with Gasteiger partial charge in [-0.25, -0.2) is 0 Å². The Morgan fingerprint density at radius 2 is 1.97 bits per heavy atom. The van der Waals surface area contributed by atoms with E-state index in [0.717, 1.165) is 27.9 Å². The molecule has 0 aliphatic carbocycles. The maximum absolute atomic E-state index is 13.2. The number of aromatic amines is 1. The Morgan fingerprint density at radius 1 is 1.17 bits per heavy atom. The number of fused-ring (bicyclic) bond motifs is 4. The number of hydrogen-bond donors (Lipinski definition) is 1. The second-order valence-electron chi connectivity index (χ2n) is 7.57. The number of methoxy groups -OCH3 is 2. The second-order valence-corrected chi connectivity index (χ2v) is 7.93. The fourth-order valence-electron chi connectivity index (χ4n) is 4.79. The molecule has 0 unspecified atom stereocenters. The van der Waals surface area contributed by atoms with Crippen molar-refractivity contribution in [2.24, 2.45) is 0 Å². The van der Waals surface area contributed by atoms with Crippen LogP contribution in [0, 0.1) is 0 Å². The molecule has 2 atom stereocenters. The van der Waals surface area contributed by atoms with Crippen molar-refractivity contribution >= 4 is 34.1 Å². The molecule has 1 N–H and O–H groups in total. The number of H-pyrrole nitrogens is 1. The van der Waals surface area contributed by atoms with E-state index in [-0.39, 0.29) is 18.0 Å². The summed E-state index contributed by atoms with van der Waals surface area (Å²) in [6.07, 6.45) is 0.629. The number of benzene rings is 2. The molecule has 1 saturated heterocycles. The minimum absolute atomic E-state index is 0.0657. The van der Waals surface area contributed by atoms with Gasteiger partial charge >= 0.3 is 0 Å². The number of nitrogens with zero attached hydrogens (tertiary/aromatic N) is 2. The average Bonchev–Trinajstić information content (AvgIpc) is 3.26. The van der Waals surface area contributed by atoms with E-state index in [0.29, 0.717) is 23.8 Å². The number of thiocarbonyl (C=S) groups is 1. The van der Waals surface area contributed by atoms with Gasteiger partial charge in [-0.3, -0.25) is 9.69 Å². The molecule has 154 valence electrons. The lowest BCUT2D eigenvalue weighted by molar-refractivity contribution is -0.128. The van der Waals surface area contributed by atoms with E-state index in [1.807, 2.05) is 37.3 Å². The predicted octanol–water partition coefficient (Wildman–Crippen LogP) is 3.65. The fourth-order valence-corrected chi connectivity index (χ4v) is 5.24. The molecule has 1 fully saturated rings. The monoisotopic (exact) mass is 421 g/mol. The van der Waals surface area contributed by atoms with E-state index < -0.39 is 0 Å². The molecular weight excluding hydrogens is 398 g/mol. The maximum Gasteiger partial charge on any atom is 0.251 e. The van der Waals surface area contributed by atoms with Gasteiger partial charge in [0, 0.05) is 41.2 Å². The van der Waals surface area contributed by atoms with Crippen LogP contribution in [0.1, 0.15) is 29.8 Å². The lowest BCUT2D eigenvalue weighted by Gasteiger charge is -2.38. The van der Waals surface area contributed by atoms with Crippen LogP contribution in [0.3, 0.4) is 0 Å². The van der Waals surface area contributed by atoms with Crippen LogP contribution in [-0.2, 0) is 11.2 Å². The highest BCUT2D eigenvalue weighted by Gasteiger charge is 2.50. The summed E-state index contributed by atoms with van der Waals surface area (Å²) < 4.78 is 11.1. The van der Waals surface area contributed by atoms with Crippen LogP contribution in [0.15, 0.2) is 42.5 Å². The summed E-state index contributed by atoms with van der Waals surface area (Å²) in [6.45, 7) is 2.52. The van der Waals surface area contributed by atoms with E-state index >= 15 is 0 Å². The highest BCUT2D eigenvalue weighted by Crippen LogP contribution is 2.46. The maximum atomic E-state index is 13.2. The van der Waals surface area contributed by atoms with Gasteiger partial charge in [0.25, 0.3) is 5.91 Å². The minimum Gasteiger partial charge on any atom is -0.497 e. The lowest BCUT2D eigenvalue weighted by Crippen LogP contribution is -2.44. The predicted molar refractivity (Wildman–Crippen MR) is 119 cm³/mol. The molecule has 7 heteroatoms. The Hall–Kier alpha value is -3.06. The van der Waals surface area contributed by atoms with Crippen molar-refractivity contribution < 1.29 is 14.3 Å². The Labute approximate surface area is 180 Å². The first-order valence-electron chi connectivity index (χ1n) is 10.0. The SMILES string of the molecule is CCN1C(=O)[C@@H]2Cc3c([nH]c4ccccc34)[C@H](c3ccc(OC)cc3OC)N2C1=S. The first kappa shape index (κ1) is 18.9. The zero-order valence-corrected chi connectivity index (χ0v) is 18.0. The molecule has 30 heavy (non-hydrogen) atoms. The van der Waals surface area contributed by atoms with Gasteiger partial charge in [-0.05, 0) is 42.9 Å². The summed E-state index contributed by atoms with van der Waals surface area (Å²) >= 11 is 5.78. The smallest absolute Gasteiger partial charge is 0.251 e. The molecule has 0 bridgehead atoms. The van der Waals surface area contributed by atoms with Gasteiger partial charge in [-0.2, -0.15) is 0 Å². The number of carbonyl (C=O) groups is 1. The topological polar surface area (TPSA) is 57.8 Å². The average molecular weight is 422 g/mol. The number of rotatable bonds is 4. The first-order chi connectivity index (χ1) is 14.6. The minimum atomic E-state index is -0.319. The highest BCUT2D eigenvalue weighted by molar-refractivity contribution is 7.80. The summed E-state index contributed by atoms with van der Waals surface area (Å²) in [7, 11) is 3.28. The van der Waals surface area contributed by atoms with Gasteiger partial charge in [0.2, 0.25) is 0 Å². The third-order valence-corrected chi connectivity index (χ3v) is 6.62. The van der Waals surface area contributed by atoms with Crippen LogP contribution in [0.25, 0.3) is 10.9 Å². The van der Waals surface area contributed by atoms with Crippen molar-refractivity contribution in [2.75, 3.05) is 20.8 Å². The molecule has 6 nitrogen and oxygen atoms in total. The molecule has 3 aromatic rings. The zero-order chi connectivity index (χ0) is 21.0. The molecule has 2 aliphatic rings. The van der Waals surface area contributed by atoms with Gasteiger partial charge in [0.15, 0.2) is 5.11 Å². The van der Waals surface area contributed by atoms with Crippen molar-refractivity contribution in [1.82, 2.24) is 14.8 Å². The number of carbonyl (C=O) groups excluding carboxylic acids is 1. The molecule has 0 radical (unpaired) electrons. The van der Waals surface area contributed by atoms with Crippen LogP contribution in [-0.4, -0.2) is 52.6 Å². The molecule has 5 rings (SSSR count). The number of aromatic nitrogens is 1. The number of amides is 1. The zero-order valence-electron chi connectivity index (χ0n) is 17.1. The molecule has 0 saturated carbocycles. The van der Waals surface area contributed by atoms with Crippen LogP contribution in [0.2, 0.25) is 0 Å². The Morgan fingerprint density at radius 3 is 2.70 bits per heavy atom. The molecule has 2 aromatic carbocycles. The summed E-state index contributed by atoms with van der Waals surface area (Å²) in [5, 5.41) is 1.72. The summed E-state index contributed by atoms with van der Waals surface area (Å²) in [6, 6.07) is 13.5. The van der Waals surface area contributed by atoms with Gasteiger partial charge in [0.1, 0.15) is 23.6 Å². The Balaban J connectivity index is 1.77. The summed E-state index contributed by atoms with van der Waals surface area (Å²) in [5.41, 5.74) is 4.24. The Bertz CT molecular complexity index is 1170. The second kappa shape index (κ2) is 7.02. The van der Waals surface area contributed by atoms with E-state index in [4.69, 9.17) is 21.7 Å². The summed E-state index contributed by atoms with van der Waals surface area (Å²) in [5.74, 6) is 1.49. The van der Waals surface area contributed by atoms with Crippen molar-refractivity contribution in [3.8, 4) is 11.5 Å². The van der Waals surface area contributed by atoms with Crippen molar-refractivity contribution in [2.45, 2.75) is 25.4 Å². The van der Waals surface area contributed by atoms with Gasteiger partial charge < -0.3 is 19.4 Å². The van der Waals surface area contributed by atoms with Crippen molar-refractivity contribution in [1.29, 1.82) is 0 Å². The van der Waals surface area contributed by atoms with E-state index in [1.165, 1.54) is 5.56 Å². The van der Waals surface area contributed by atoms with E-state index in [9.17, 15) is 4.79 Å². The fraction of sp³-hybridized carbons (Fsp3) is 0.304. The van der Waals surface area contributed by atoms with Crippen LogP contribution in [0.4, 0.5) is 0 Å². The largest absolute Gasteiger partial charge is 0.497 e. The lowest BCUT2D eigenvalue weighted by atomic mass is 9.88. The third kappa shape index (κ3) is 2.55. The number of nitrogens with one attached hydrogen (secondary N) is 1. The van der Waals surface area contributed by atoms with Crippen LogP contribution in [0.5, 0.6) is 11.5 Å². The van der Waals surface area contributed by atoms with E-state index in [1.54, 1.807) is 19.1 Å². The molecule has 1 amide bonds. The van der Waals surface area contributed by atoms with Crippen molar-refractivity contribution in [3.05, 3.63) is 59.3 Å². The number of hydrogen-bond acceptors (Lipinski definition) is 4. The first-order valence-corrected chi connectivity index (χ1v) is 10.4. The third-order valence-electron chi connectivity index (χ3n) is 6.19. The standard InChI is InChI=1S/C23H23N3O3S/c1-4-25-22(27)18-12-16-14-7-5-6-8-17(14)24-20(16)21(26(18)23(25)30)15-10-9-13(28-2)11-19(15)29-3/h5-11,18,21,24H,4,12H2,1-3H3/t18-,21-/m0/s1. The molecule has 3 heterocycles.